The monoisotopic (exact) mass is 718 g/mol. The van der Waals surface area contributed by atoms with Gasteiger partial charge >= 0.3 is 0 Å². The van der Waals surface area contributed by atoms with E-state index in [4.69, 9.17) is 14.2 Å². The summed E-state index contributed by atoms with van der Waals surface area (Å²) in [6.07, 6.45) is 0. The van der Waals surface area contributed by atoms with E-state index in [1.54, 1.807) is 0 Å². The smallest absolute Gasteiger partial charge is 0.260 e. The summed E-state index contributed by atoms with van der Waals surface area (Å²) in [5.74, 6) is 5.28. The number of fused-ring (bicyclic) bond motifs is 11. The van der Waals surface area contributed by atoms with Crippen molar-refractivity contribution < 1.29 is 14.2 Å². The van der Waals surface area contributed by atoms with Crippen molar-refractivity contribution in [2.24, 2.45) is 0 Å². The molecule has 5 aliphatic heterocycles. The molecule has 5 aliphatic rings. The molecule has 5 nitrogen and oxygen atoms in total. The second kappa shape index (κ2) is 9.77. The number of nitrogens with zero attached hydrogens (tertiary/aromatic N) is 2. The lowest BCUT2D eigenvalue weighted by molar-refractivity contribution is 0.463. The second-order valence-electron chi connectivity index (χ2n) is 15.1. The lowest BCUT2D eigenvalue weighted by Gasteiger charge is -2.51. The van der Waals surface area contributed by atoms with E-state index in [1.165, 1.54) is 48.1 Å². The Labute approximate surface area is 317 Å². The predicted octanol–water partition coefficient (Wildman–Crippen LogP) is 7.09. The van der Waals surface area contributed by atoms with Gasteiger partial charge in [-0.25, -0.2) is 0 Å². The van der Waals surface area contributed by atoms with Crippen molar-refractivity contribution in [2.45, 2.75) is 0 Å². The van der Waals surface area contributed by atoms with Crippen LogP contribution in [0, 0.1) is 0 Å². The van der Waals surface area contributed by atoms with Gasteiger partial charge < -0.3 is 23.7 Å². The molecule has 0 amide bonds. The van der Waals surface area contributed by atoms with Crippen LogP contribution in [0.3, 0.4) is 0 Å². The number of benzene rings is 8. The van der Waals surface area contributed by atoms with Crippen molar-refractivity contribution in [1.29, 1.82) is 0 Å². The molecule has 9 aromatic rings. The molecule has 0 fully saturated rings. The van der Waals surface area contributed by atoms with Gasteiger partial charge in [-0.15, -0.1) is 0 Å². The predicted molar refractivity (Wildman–Crippen MR) is 224 cm³/mol. The number of rotatable bonds is 1. The summed E-state index contributed by atoms with van der Waals surface area (Å²) in [5, 5.41) is 7.83. The number of para-hydroxylation sites is 6. The first-order valence-electron chi connectivity index (χ1n) is 18.9. The number of hydrogen-bond donors (Lipinski definition) is 0. The van der Waals surface area contributed by atoms with E-state index in [9.17, 15) is 0 Å². The SMILES string of the molecule is c1ccc2c(c1)Oc1cccc3c1N2c1ccccc1[Si]31c2cccc3c2B2c4c(cccc41)Oc1c(-n4c5ccccc5c5ccccc54)ccc(c12)O3. The van der Waals surface area contributed by atoms with Gasteiger partial charge in [0.05, 0.1) is 28.1 Å². The van der Waals surface area contributed by atoms with Crippen LogP contribution in [-0.2, 0) is 0 Å². The van der Waals surface area contributed by atoms with E-state index in [2.05, 4.69) is 167 Å². The minimum atomic E-state index is -3.03. The lowest BCUT2D eigenvalue weighted by Crippen LogP contribution is -2.88. The van der Waals surface area contributed by atoms with Gasteiger partial charge in [-0.1, -0.05) is 103 Å². The van der Waals surface area contributed by atoms with Crippen molar-refractivity contribution in [1.82, 2.24) is 4.57 Å². The van der Waals surface area contributed by atoms with Crippen molar-refractivity contribution >= 4 is 90.8 Å². The largest absolute Gasteiger partial charge is 0.458 e. The minimum absolute atomic E-state index is 0.0576. The van der Waals surface area contributed by atoms with Crippen molar-refractivity contribution in [2.75, 3.05) is 4.90 Å². The number of hydrogen-bond acceptors (Lipinski definition) is 4. The molecule has 1 aromatic heterocycles. The zero-order valence-electron chi connectivity index (χ0n) is 29.3. The maximum atomic E-state index is 7.32. The molecule has 0 bridgehead atoms. The molecule has 8 aromatic carbocycles. The Morgan fingerprint density at radius 1 is 0.382 bits per heavy atom. The highest BCUT2D eigenvalue weighted by atomic mass is 28.3. The van der Waals surface area contributed by atoms with Crippen LogP contribution in [0.25, 0.3) is 27.5 Å². The maximum Gasteiger partial charge on any atom is 0.260 e. The summed E-state index contributed by atoms with van der Waals surface area (Å²) < 4.78 is 23.5. The second-order valence-corrected chi connectivity index (χ2v) is 18.7. The summed E-state index contributed by atoms with van der Waals surface area (Å²) >= 11 is 0. The Morgan fingerprint density at radius 3 is 1.69 bits per heavy atom. The first-order valence-corrected chi connectivity index (χ1v) is 20.9. The summed E-state index contributed by atoms with van der Waals surface area (Å²) in [6.45, 7) is -0.0576. The molecular weight excluding hydrogens is 691 g/mol. The van der Waals surface area contributed by atoms with Crippen LogP contribution >= 0.6 is 0 Å². The molecule has 0 radical (unpaired) electrons. The third-order valence-electron chi connectivity index (χ3n) is 12.7. The van der Waals surface area contributed by atoms with Gasteiger partial charge in [-0.2, -0.15) is 0 Å². The molecule has 7 heteroatoms. The van der Waals surface area contributed by atoms with Gasteiger partial charge in [-0.05, 0) is 92.3 Å². The first kappa shape index (κ1) is 28.5. The molecule has 6 heterocycles. The third kappa shape index (κ3) is 3.22. The molecule has 1 atom stereocenters. The molecule has 55 heavy (non-hydrogen) atoms. The fourth-order valence-electron chi connectivity index (χ4n) is 10.8. The fraction of sp³-hybridized carbons (Fsp3) is 0. The fourth-order valence-corrected chi connectivity index (χ4v) is 16.4. The Balaban J connectivity index is 1.10. The van der Waals surface area contributed by atoms with Crippen LogP contribution in [0.5, 0.6) is 34.5 Å². The number of anilines is 3. The van der Waals surface area contributed by atoms with Gasteiger partial charge in [-0.3, -0.25) is 0 Å². The van der Waals surface area contributed by atoms with Gasteiger partial charge in [0.2, 0.25) is 0 Å². The van der Waals surface area contributed by atoms with Crippen molar-refractivity contribution in [3.05, 3.63) is 164 Å². The molecule has 0 N–H and O–H groups in total. The Morgan fingerprint density at radius 2 is 0.927 bits per heavy atom. The normalized spacial score (nSPS) is 16.8. The van der Waals surface area contributed by atoms with Gasteiger partial charge in [0, 0.05) is 21.9 Å². The van der Waals surface area contributed by atoms with Crippen LogP contribution in [0.4, 0.5) is 17.1 Å². The van der Waals surface area contributed by atoms with Crippen LogP contribution in [0.15, 0.2) is 164 Å². The Bertz CT molecular complexity index is 3170. The Kier molecular flexibility index (Phi) is 5.07. The van der Waals surface area contributed by atoms with Gasteiger partial charge in [0.1, 0.15) is 23.0 Å². The minimum Gasteiger partial charge on any atom is -0.458 e. The number of ether oxygens (including phenoxy) is 3. The topological polar surface area (TPSA) is 35.9 Å². The average Bonchev–Trinajstić information content (AvgIpc) is 3.57. The molecule has 0 saturated heterocycles. The van der Waals surface area contributed by atoms with Crippen LogP contribution in [0.1, 0.15) is 0 Å². The van der Waals surface area contributed by atoms with E-state index < -0.39 is 8.07 Å². The lowest BCUT2D eigenvalue weighted by atomic mass is 9.34. The number of aromatic nitrogens is 1. The molecule has 254 valence electrons. The van der Waals surface area contributed by atoms with Gasteiger partial charge in [0.15, 0.2) is 19.6 Å². The molecular formula is C48H27BN2O3Si. The van der Waals surface area contributed by atoms with Crippen LogP contribution in [-0.4, -0.2) is 19.4 Å². The van der Waals surface area contributed by atoms with Crippen molar-refractivity contribution in [3.63, 3.8) is 0 Å². The van der Waals surface area contributed by atoms with E-state index in [0.717, 1.165) is 68.1 Å². The quantitative estimate of drug-likeness (QED) is 0.170. The van der Waals surface area contributed by atoms with Crippen LogP contribution in [0.2, 0.25) is 0 Å². The standard InChI is InChI=1S/C48H27BN2O3Si/c1-3-14-30-28(12-1)29-13-2-4-15-31(29)50(30)34-26-27-38-46-48(34)54-37-20-10-24-42-45(37)49(46)44-36(53-38)19-9-23-41(44)55(42)40-22-8-6-17-33(40)51-32-16-5-7-18-35(32)52-39-21-11-25-43(55)47(39)51/h1-27H. The van der Waals surface area contributed by atoms with E-state index in [1.807, 2.05) is 6.07 Å². The van der Waals surface area contributed by atoms with E-state index in [0.29, 0.717) is 0 Å². The maximum absolute atomic E-state index is 7.32. The summed E-state index contributed by atoms with van der Waals surface area (Å²) in [5.41, 5.74) is 10.3. The molecule has 1 spiro atoms. The highest BCUT2D eigenvalue weighted by molar-refractivity contribution is 7.28. The molecule has 14 rings (SSSR count). The summed E-state index contributed by atoms with van der Waals surface area (Å²) in [4.78, 5) is 2.44. The zero-order valence-corrected chi connectivity index (χ0v) is 30.3. The van der Waals surface area contributed by atoms with Crippen LogP contribution < -0.4 is 56.2 Å². The first-order chi connectivity index (χ1) is 27.3. The molecule has 0 saturated carbocycles. The zero-order chi connectivity index (χ0) is 35.6. The van der Waals surface area contributed by atoms with E-state index >= 15 is 0 Å². The highest BCUT2D eigenvalue weighted by Crippen LogP contribution is 2.52. The van der Waals surface area contributed by atoms with Gasteiger partial charge in [0.25, 0.3) is 6.71 Å². The van der Waals surface area contributed by atoms with E-state index in [-0.39, 0.29) is 6.71 Å². The summed E-state index contributed by atoms with van der Waals surface area (Å²) in [7, 11) is -3.03. The average molecular weight is 719 g/mol. The molecule has 0 aliphatic carbocycles. The van der Waals surface area contributed by atoms with Crippen molar-refractivity contribution in [3.8, 4) is 40.2 Å². The third-order valence-corrected chi connectivity index (χ3v) is 17.6. The molecule has 1 unspecified atom stereocenters. The highest BCUT2D eigenvalue weighted by Gasteiger charge is 2.59. The summed E-state index contributed by atoms with van der Waals surface area (Å²) in [6, 6.07) is 59.3. The Hall–Kier alpha value is -6.96.